The van der Waals surface area contributed by atoms with E-state index in [0.717, 1.165) is 5.71 Å². The first-order valence-corrected chi connectivity index (χ1v) is 6.83. The van der Waals surface area contributed by atoms with Crippen LogP contribution >= 0.6 is 0 Å². The summed E-state index contributed by atoms with van der Waals surface area (Å²) in [5.41, 5.74) is 4.84. The number of allylic oxidation sites excluding steroid dienone is 1. The average molecular weight is 318 g/mol. The first-order valence-electron chi connectivity index (χ1n) is 6.83. The third-order valence-electron chi connectivity index (χ3n) is 2.50. The molecule has 0 amide bonds. The van der Waals surface area contributed by atoms with Gasteiger partial charge in [0.25, 0.3) is 0 Å². The van der Waals surface area contributed by atoms with Gasteiger partial charge in [-0.2, -0.15) is 0 Å². The minimum atomic E-state index is -0.166. The number of aliphatic imine (C=N–C) groups is 2. The summed E-state index contributed by atoms with van der Waals surface area (Å²) in [6.07, 6.45) is 5.80. The van der Waals surface area contributed by atoms with E-state index in [1.165, 1.54) is 6.42 Å². The van der Waals surface area contributed by atoms with Crippen LogP contribution in [0.15, 0.2) is 27.2 Å². The van der Waals surface area contributed by atoms with Gasteiger partial charge in [-0.1, -0.05) is 32.9 Å². The summed E-state index contributed by atoms with van der Waals surface area (Å²) in [5.74, 6) is 1.24. The van der Waals surface area contributed by atoms with E-state index in [1.807, 2.05) is 12.2 Å². The van der Waals surface area contributed by atoms with Gasteiger partial charge in [0.05, 0.1) is 14.2 Å². The van der Waals surface area contributed by atoms with Gasteiger partial charge in [0.2, 0.25) is 11.8 Å². The number of ether oxygens (including phenoxy) is 2. The van der Waals surface area contributed by atoms with Gasteiger partial charge in [-0.3, -0.25) is 0 Å². The number of hydrogen-bond donors (Lipinski definition) is 0. The molecule has 112 valence electrons. The molecule has 0 radical (unpaired) electrons. The van der Waals surface area contributed by atoms with Gasteiger partial charge >= 0.3 is 51.4 Å². The summed E-state index contributed by atoms with van der Waals surface area (Å²) in [7, 11) is 3.19. The molecule has 2 aliphatic heterocycles. The van der Waals surface area contributed by atoms with Gasteiger partial charge in [-0.25, -0.2) is 9.98 Å². The van der Waals surface area contributed by atoms with Gasteiger partial charge in [-0.05, 0) is 6.08 Å². The first-order chi connectivity index (χ1) is 9.74. The fourth-order valence-electron chi connectivity index (χ4n) is 1.68. The van der Waals surface area contributed by atoms with Crippen LogP contribution < -0.4 is 51.4 Å². The zero-order chi connectivity index (χ0) is 14.8. The van der Waals surface area contributed by atoms with Gasteiger partial charge in [-0.15, -0.1) is 0 Å². The van der Waals surface area contributed by atoms with E-state index in [4.69, 9.17) is 9.47 Å². The van der Waals surface area contributed by atoms with Gasteiger partial charge in [0, 0.05) is 12.1 Å². The predicted molar refractivity (Wildman–Crippen MR) is 82.9 cm³/mol. The standard InChI is InChI=1S/C11H15N4O2.C3H8.K/c1-16-10-7-12-11(17-2)9(14-10)6-8-4-3-5-13-15-8;1-3-2;/h3-4,9H,5-7H2,1-2H3;3H2,1-2H3;/q-1;;+1. The number of rotatable bonds is 2. The largest absolute Gasteiger partial charge is 1.00 e. The maximum Gasteiger partial charge on any atom is 1.00 e. The van der Waals surface area contributed by atoms with Crippen LogP contribution in [0.3, 0.4) is 0 Å². The van der Waals surface area contributed by atoms with E-state index in [0.29, 0.717) is 31.3 Å². The van der Waals surface area contributed by atoms with E-state index in [2.05, 4.69) is 34.4 Å². The van der Waals surface area contributed by atoms with E-state index < -0.39 is 0 Å². The second-order valence-corrected chi connectivity index (χ2v) is 4.33. The Labute approximate surface area is 169 Å². The number of nitrogens with zero attached hydrogens (tertiary/aromatic N) is 4. The second kappa shape index (κ2) is 12.3. The van der Waals surface area contributed by atoms with E-state index in [1.54, 1.807) is 14.2 Å². The van der Waals surface area contributed by atoms with Crippen molar-refractivity contribution < 1.29 is 60.9 Å². The molecule has 2 rings (SSSR count). The van der Waals surface area contributed by atoms with Gasteiger partial charge in [0.1, 0.15) is 12.6 Å². The Morgan fingerprint density at radius 1 is 1.29 bits per heavy atom. The van der Waals surface area contributed by atoms with Gasteiger partial charge < -0.3 is 20.0 Å². The quantitative estimate of drug-likeness (QED) is 0.648. The Bertz CT molecular complexity index is 419. The van der Waals surface area contributed by atoms with Crippen molar-refractivity contribution in [3.8, 4) is 0 Å². The maximum absolute atomic E-state index is 5.22. The molecule has 0 saturated heterocycles. The summed E-state index contributed by atoms with van der Waals surface area (Å²) in [6, 6.07) is -0.166. The Balaban J connectivity index is 0.000000922. The molecular formula is C14H23KN4O2. The molecule has 0 aliphatic carbocycles. The van der Waals surface area contributed by atoms with E-state index >= 15 is 0 Å². The zero-order valence-corrected chi connectivity index (χ0v) is 16.8. The first kappa shape index (κ1) is 20.8. The minimum absolute atomic E-state index is 0. The fraction of sp³-hybridized carbons (Fsp3) is 0.643. The van der Waals surface area contributed by atoms with Crippen LogP contribution in [0.1, 0.15) is 26.7 Å². The van der Waals surface area contributed by atoms with Crippen molar-refractivity contribution >= 4 is 17.5 Å². The van der Waals surface area contributed by atoms with Crippen LogP contribution in [-0.4, -0.2) is 50.9 Å². The summed E-state index contributed by atoms with van der Waals surface area (Å²) in [4.78, 5) is 8.70. The molecule has 0 spiro atoms. The Morgan fingerprint density at radius 2 is 2.00 bits per heavy atom. The molecule has 1 atom stereocenters. The summed E-state index contributed by atoms with van der Waals surface area (Å²) in [6.45, 7) is 5.33. The predicted octanol–water partition coefficient (Wildman–Crippen LogP) is -0.432. The van der Waals surface area contributed by atoms with Crippen molar-refractivity contribution in [3.05, 3.63) is 17.6 Å². The molecule has 2 heterocycles. The summed E-state index contributed by atoms with van der Waals surface area (Å²) < 4.78 is 10.3. The number of hydrogen-bond acceptors (Lipinski definition) is 5. The van der Waals surface area contributed by atoms with Crippen LogP contribution in [-0.2, 0) is 9.47 Å². The molecule has 1 unspecified atom stereocenters. The zero-order valence-electron chi connectivity index (χ0n) is 13.7. The molecule has 0 fully saturated rings. The van der Waals surface area contributed by atoms with Crippen LogP contribution in [0.4, 0.5) is 0 Å². The summed E-state index contributed by atoms with van der Waals surface area (Å²) in [5, 5.41) is 4.08. The van der Waals surface area contributed by atoms with Crippen molar-refractivity contribution in [3.63, 3.8) is 0 Å². The molecule has 0 aromatic rings. The Morgan fingerprint density at radius 3 is 2.52 bits per heavy atom. The van der Waals surface area contributed by atoms with E-state index in [-0.39, 0.29) is 57.4 Å². The van der Waals surface area contributed by atoms with Crippen molar-refractivity contribution in [1.82, 2.24) is 0 Å². The van der Waals surface area contributed by atoms with Crippen molar-refractivity contribution in [2.75, 3.05) is 27.3 Å². The molecule has 7 heteroatoms. The number of methoxy groups -OCH3 is 2. The smallest absolute Gasteiger partial charge is 0.599 e. The molecule has 0 aromatic heterocycles. The van der Waals surface area contributed by atoms with Crippen molar-refractivity contribution in [1.29, 1.82) is 0 Å². The third-order valence-corrected chi connectivity index (χ3v) is 2.50. The molecule has 0 bridgehead atoms. The Kier molecular flexibility index (Phi) is 12.2. The van der Waals surface area contributed by atoms with Crippen LogP contribution in [0.25, 0.3) is 5.43 Å². The normalized spacial score (nSPS) is 19.6. The molecule has 6 nitrogen and oxygen atoms in total. The Hall–Kier alpha value is -0.214. The van der Waals surface area contributed by atoms with Crippen molar-refractivity contribution in [2.45, 2.75) is 32.7 Å². The topological polar surface area (TPSA) is 69.6 Å². The third kappa shape index (κ3) is 7.55. The molecule has 2 aliphatic rings. The van der Waals surface area contributed by atoms with Crippen LogP contribution in [0.5, 0.6) is 0 Å². The SMILES string of the molecule is CCC.COC1=NC(CC2=N[N-]CC=C2)C(OC)=NC1.[K+]. The van der Waals surface area contributed by atoms with Gasteiger partial charge in [0.15, 0.2) is 0 Å². The second-order valence-electron chi connectivity index (χ2n) is 4.33. The van der Waals surface area contributed by atoms with Crippen molar-refractivity contribution in [2.24, 2.45) is 15.1 Å². The molecule has 0 saturated carbocycles. The average Bonchev–Trinajstić information content (AvgIpc) is 2.49. The van der Waals surface area contributed by atoms with E-state index in [9.17, 15) is 0 Å². The molecular weight excluding hydrogens is 295 g/mol. The maximum atomic E-state index is 5.22. The molecule has 21 heavy (non-hydrogen) atoms. The van der Waals surface area contributed by atoms with Crippen LogP contribution in [0.2, 0.25) is 0 Å². The monoisotopic (exact) mass is 318 g/mol. The molecule has 0 aromatic carbocycles. The van der Waals surface area contributed by atoms with Crippen LogP contribution in [0, 0.1) is 0 Å². The summed E-state index contributed by atoms with van der Waals surface area (Å²) >= 11 is 0. The minimum Gasteiger partial charge on any atom is -0.599 e. The molecule has 0 N–H and O–H groups in total. The fourth-order valence-corrected chi connectivity index (χ4v) is 1.68.